The highest BCUT2D eigenvalue weighted by atomic mass is 79.9. The summed E-state index contributed by atoms with van der Waals surface area (Å²) in [7, 11) is 0. The second kappa shape index (κ2) is 9.19. The third kappa shape index (κ3) is 3.89. The fraction of sp³-hybridized carbons (Fsp3) is 0.161. The van der Waals surface area contributed by atoms with Crippen LogP contribution < -0.4 is 5.01 Å². The molecule has 0 radical (unpaired) electrons. The molecule has 2 aliphatic rings. The van der Waals surface area contributed by atoms with Crippen LogP contribution in [-0.2, 0) is 13.7 Å². The quantitative estimate of drug-likeness (QED) is 0.241. The van der Waals surface area contributed by atoms with Crippen LogP contribution in [-0.4, -0.2) is 10.8 Å². The fourth-order valence-electron chi connectivity index (χ4n) is 5.09. The average molecular weight is 586 g/mol. The van der Waals surface area contributed by atoms with E-state index in [1.54, 1.807) is 18.7 Å². The fourth-order valence-corrected chi connectivity index (χ4v) is 8.92. The highest BCUT2D eigenvalue weighted by Crippen LogP contribution is 2.70. The van der Waals surface area contributed by atoms with E-state index in [9.17, 15) is 4.79 Å². The third-order valence-electron chi connectivity index (χ3n) is 6.93. The largest absolute Gasteiger partial charge is 0.292 e. The number of hydrogen-bond acceptors (Lipinski definition) is 5. The SMILES string of the molecule is CC(=O)C1=NN(c2ccc(Br)cc2)C2(S1)SC(c1ccc(C)cc1)(c1ccc(C)cc1)c1ccccc12. The van der Waals surface area contributed by atoms with Crippen molar-refractivity contribution < 1.29 is 4.79 Å². The summed E-state index contributed by atoms with van der Waals surface area (Å²) >= 11 is 6.97. The van der Waals surface area contributed by atoms with Crippen LogP contribution in [0.4, 0.5) is 5.69 Å². The number of fused-ring (bicyclic) bond motifs is 2. The lowest BCUT2D eigenvalue weighted by Gasteiger charge is -2.37. The zero-order valence-electron chi connectivity index (χ0n) is 20.7. The second-order valence-corrected chi connectivity index (χ2v) is 13.3. The number of anilines is 1. The molecular formula is C31H25BrN2OS2. The number of hydrogen-bond donors (Lipinski definition) is 0. The predicted molar refractivity (Wildman–Crippen MR) is 160 cm³/mol. The summed E-state index contributed by atoms with van der Waals surface area (Å²) in [6, 6.07) is 34.5. The number of rotatable bonds is 4. The molecule has 4 aromatic rings. The zero-order chi connectivity index (χ0) is 25.8. The molecule has 0 aromatic heterocycles. The minimum Gasteiger partial charge on any atom is -0.292 e. The molecule has 0 N–H and O–H groups in total. The second-order valence-electron chi connectivity index (χ2n) is 9.49. The van der Waals surface area contributed by atoms with Crippen LogP contribution in [0.2, 0.25) is 0 Å². The van der Waals surface area contributed by atoms with E-state index < -0.39 is 8.95 Å². The van der Waals surface area contributed by atoms with Gasteiger partial charge in [-0.1, -0.05) is 123 Å². The van der Waals surface area contributed by atoms with Gasteiger partial charge in [0, 0.05) is 17.0 Å². The van der Waals surface area contributed by atoms with E-state index in [1.165, 1.54) is 27.8 Å². The van der Waals surface area contributed by atoms with Gasteiger partial charge >= 0.3 is 0 Å². The van der Waals surface area contributed by atoms with Crippen molar-refractivity contribution in [3.05, 3.63) is 135 Å². The smallest absolute Gasteiger partial charge is 0.187 e. The molecule has 0 fully saturated rings. The lowest BCUT2D eigenvalue weighted by atomic mass is 9.81. The highest BCUT2D eigenvalue weighted by Gasteiger charge is 2.61. The Morgan fingerprint density at radius 3 is 1.86 bits per heavy atom. The molecule has 3 nitrogen and oxygen atoms in total. The Hall–Kier alpha value is -2.80. The van der Waals surface area contributed by atoms with Crippen molar-refractivity contribution in [2.75, 3.05) is 5.01 Å². The first-order valence-corrected chi connectivity index (χ1v) is 14.5. The molecule has 2 heterocycles. The molecule has 4 aromatic carbocycles. The minimum atomic E-state index is -0.652. The van der Waals surface area contributed by atoms with Crippen LogP contribution in [0.25, 0.3) is 0 Å². The number of carbonyl (C=O) groups is 1. The van der Waals surface area contributed by atoms with Crippen LogP contribution in [0.1, 0.15) is 40.3 Å². The number of benzene rings is 4. The van der Waals surface area contributed by atoms with Gasteiger partial charge in [-0.05, 0) is 54.8 Å². The molecule has 0 saturated carbocycles. The summed E-state index contributed by atoms with van der Waals surface area (Å²) < 4.78 is -0.136. The zero-order valence-corrected chi connectivity index (χ0v) is 24.0. The summed E-state index contributed by atoms with van der Waals surface area (Å²) in [6.45, 7) is 5.84. The van der Waals surface area contributed by atoms with Crippen molar-refractivity contribution in [3.63, 3.8) is 0 Å². The molecule has 0 saturated heterocycles. The Morgan fingerprint density at radius 1 is 0.784 bits per heavy atom. The number of ketones is 1. The summed E-state index contributed by atoms with van der Waals surface area (Å²) in [5, 5.41) is 7.50. The van der Waals surface area contributed by atoms with Crippen LogP contribution >= 0.6 is 39.5 Å². The maximum Gasteiger partial charge on any atom is 0.187 e. The topological polar surface area (TPSA) is 32.7 Å². The van der Waals surface area contributed by atoms with E-state index in [0.29, 0.717) is 5.04 Å². The van der Waals surface area contributed by atoms with Crippen molar-refractivity contribution in [1.29, 1.82) is 0 Å². The van der Waals surface area contributed by atoms with Crippen molar-refractivity contribution in [2.24, 2.45) is 5.10 Å². The molecule has 0 aliphatic carbocycles. The number of hydrazone groups is 1. The monoisotopic (exact) mass is 584 g/mol. The summed E-state index contributed by atoms with van der Waals surface area (Å²) in [4.78, 5) is 12.7. The van der Waals surface area contributed by atoms with Gasteiger partial charge in [-0.2, -0.15) is 5.10 Å². The van der Waals surface area contributed by atoms with Crippen molar-refractivity contribution in [1.82, 2.24) is 0 Å². The van der Waals surface area contributed by atoms with Gasteiger partial charge in [0.05, 0.1) is 10.4 Å². The standard InChI is InChI=1S/C31H25BrN2OS2/c1-20-8-12-23(13-9-20)30(24-14-10-21(2)11-15-24)27-6-4-5-7-28(27)31(37-30)34(33-29(36-31)22(3)35)26-18-16-25(32)17-19-26/h4-19H,1-3H3. The van der Waals surface area contributed by atoms with Gasteiger partial charge in [-0.3, -0.25) is 4.79 Å². The van der Waals surface area contributed by atoms with Gasteiger partial charge in [0.15, 0.2) is 15.0 Å². The van der Waals surface area contributed by atoms with E-state index in [-0.39, 0.29) is 5.78 Å². The Morgan fingerprint density at radius 2 is 1.32 bits per heavy atom. The maximum atomic E-state index is 12.7. The first kappa shape index (κ1) is 24.5. The third-order valence-corrected chi connectivity index (χ3v) is 10.9. The minimum absolute atomic E-state index is 0.0229. The molecule has 184 valence electrons. The van der Waals surface area contributed by atoms with Gasteiger partial charge in [0.25, 0.3) is 0 Å². The molecule has 6 heteroatoms. The van der Waals surface area contributed by atoms with Crippen LogP contribution in [0.15, 0.2) is 107 Å². The maximum absolute atomic E-state index is 12.7. The van der Waals surface area contributed by atoms with E-state index in [4.69, 9.17) is 5.10 Å². The lowest BCUT2D eigenvalue weighted by molar-refractivity contribution is -0.110. The molecule has 2 aliphatic heterocycles. The van der Waals surface area contributed by atoms with Gasteiger partial charge in [-0.15, -0.1) is 0 Å². The van der Waals surface area contributed by atoms with E-state index in [0.717, 1.165) is 15.7 Å². The van der Waals surface area contributed by atoms with Gasteiger partial charge in [-0.25, -0.2) is 5.01 Å². The molecule has 6 rings (SSSR count). The lowest BCUT2D eigenvalue weighted by Crippen LogP contribution is -2.34. The van der Waals surface area contributed by atoms with Crippen LogP contribution in [0.3, 0.4) is 0 Å². The van der Waals surface area contributed by atoms with Crippen molar-refractivity contribution in [3.8, 4) is 0 Å². The molecule has 0 bridgehead atoms. The predicted octanol–water partition coefficient (Wildman–Crippen LogP) is 8.37. The molecule has 1 atom stereocenters. The van der Waals surface area contributed by atoms with Crippen LogP contribution in [0.5, 0.6) is 0 Å². The normalized spacial score (nSPS) is 19.7. The van der Waals surface area contributed by atoms with Gasteiger partial charge in [0.2, 0.25) is 0 Å². The highest BCUT2D eigenvalue weighted by molar-refractivity contribution is 9.10. The molecule has 0 amide bonds. The van der Waals surface area contributed by atoms with E-state index in [2.05, 4.69) is 120 Å². The molecule has 1 spiro atoms. The summed E-state index contributed by atoms with van der Waals surface area (Å²) in [5.41, 5.74) is 8.20. The number of halogens is 1. The number of Topliss-reactive ketones (excluding diaryl/α,β-unsaturated/α-hetero) is 1. The first-order chi connectivity index (χ1) is 17.8. The van der Waals surface area contributed by atoms with Gasteiger partial charge in [0.1, 0.15) is 0 Å². The number of carbonyl (C=O) groups excluding carboxylic acids is 1. The van der Waals surface area contributed by atoms with Crippen molar-refractivity contribution in [2.45, 2.75) is 29.7 Å². The molecular weight excluding hydrogens is 560 g/mol. The summed E-state index contributed by atoms with van der Waals surface area (Å²) in [5.74, 6) is -0.0229. The Kier molecular flexibility index (Phi) is 6.09. The van der Waals surface area contributed by atoms with E-state index in [1.807, 2.05) is 23.9 Å². The molecule has 1 unspecified atom stereocenters. The Bertz CT molecular complexity index is 1490. The van der Waals surface area contributed by atoms with Crippen molar-refractivity contribution >= 4 is 56.0 Å². The number of nitrogens with zero attached hydrogens (tertiary/aromatic N) is 2. The summed E-state index contributed by atoms with van der Waals surface area (Å²) in [6.07, 6.45) is 0. The Balaban J connectivity index is 1.64. The van der Waals surface area contributed by atoms with E-state index >= 15 is 0 Å². The Labute approximate surface area is 234 Å². The average Bonchev–Trinajstić information content (AvgIpc) is 3.43. The van der Waals surface area contributed by atoms with Crippen LogP contribution in [0, 0.1) is 13.8 Å². The first-order valence-electron chi connectivity index (χ1n) is 12.1. The molecule has 37 heavy (non-hydrogen) atoms. The van der Waals surface area contributed by atoms with Gasteiger partial charge < -0.3 is 0 Å². The number of aryl methyl sites for hydroxylation is 2. The number of thioether (sulfide) groups is 2.